The highest BCUT2D eigenvalue weighted by Crippen LogP contribution is 2.25. The van der Waals surface area contributed by atoms with Gasteiger partial charge in [-0.1, -0.05) is 25.0 Å². The number of hydrogen-bond acceptors (Lipinski definition) is 3. The first-order valence-corrected chi connectivity index (χ1v) is 7.14. The van der Waals surface area contributed by atoms with Gasteiger partial charge in [0.1, 0.15) is 5.60 Å². The van der Waals surface area contributed by atoms with Crippen LogP contribution in [0.15, 0.2) is 12.2 Å². The molecule has 1 aliphatic rings. The molecule has 0 aromatic rings. The third-order valence-electron chi connectivity index (χ3n) is 3.17. The van der Waals surface area contributed by atoms with Crippen molar-refractivity contribution in [3.63, 3.8) is 0 Å². The average Bonchev–Trinajstić information content (AvgIpc) is 2.25. The van der Waals surface area contributed by atoms with Crippen molar-refractivity contribution in [3.05, 3.63) is 12.2 Å². The van der Waals surface area contributed by atoms with Crippen molar-refractivity contribution in [1.29, 1.82) is 0 Å². The summed E-state index contributed by atoms with van der Waals surface area (Å²) in [5.74, 6) is 0.219. The fraction of sp³-hybridized carbons (Fsp3) is 0.800. The lowest BCUT2D eigenvalue weighted by atomic mass is 9.86. The summed E-state index contributed by atoms with van der Waals surface area (Å²) >= 11 is 0. The molecule has 0 aromatic carbocycles. The fourth-order valence-corrected chi connectivity index (χ4v) is 2.22. The van der Waals surface area contributed by atoms with Gasteiger partial charge in [0, 0.05) is 12.0 Å². The van der Waals surface area contributed by atoms with Gasteiger partial charge in [-0.15, -0.1) is 0 Å². The highest BCUT2D eigenvalue weighted by atomic mass is 16.6. The zero-order valence-corrected chi connectivity index (χ0v) is 12.5. The average molecular weight is 269 g/mol. The van der Waals surface area contributed by atoms with Gasteiger partial charge < -0.3 is 15.2 Å². The van der Waals surface area contributed by atoms with Gasteiger partial charge in [-0.3, -0.25) is 0 Å². The van der Waals surface area contributed by atoms with Crippen LogP contribution >= 0.6 is 0 Å². The number of carbonyl (C=O) groups is 1. The quantitative estimate of drug-likeness (QED) is 0.774. The molecule has 0 spiro atoms. The maximum atomic E-state index is 11.6. The summed E-state index contributed by atoms with van der Waals surface area (Å²) < 4.78 is 5.19. The fourth-order valence-electron chi connectivity index (χ4n) is 2.22. The number of carbonyl (C=O) groups excluding carboxylic acids is 1. The van der Waals surface area contributed by atoms with Crippen LogP contribution in [0.5, 0.6) is 0 Å². The first kappa shape index (κ1) is 16.0. The van der Waals surface area contributed by atoms with E-state index in [0.717, 1.165) is 19.3 Å². The van der Waals surface area contributed by atoms with E-state index in [1.807, 2.05) is 39.8 Å². The first-order chi connectivity index (χ1) is 8.78. The van der Waals surface area contributed by atoms with E-state index in [1.165, 1.54) is 6.42 Å². The second-order valence-corrected chi connectivity index (χ2v) is 6.34. The van der Waals surface area contributed by atoms with Crippen molar-refractivity contribution in [3.8, 4) is 0 Å². The summed E-state index contributed by atoms with van der Waals surface area (Å²) in [6.45, 7) is 7.41. The predicted molar refractivity (Wildman–Crippen MR) is 75.9 cm³/mol. The van der Waals surface area contributed by atoms with Crippen molar-refractivity contribution >= 4 is 6.09 Å². The molecular formula is C15H27NO3. The van der Waals surface area contributed by atoms with Gasteiger partial charge in [0.2, 0.25) is 0 Å². The number of ether oxygens (including phenoxy) is 1. The molecule has 1 amide bonds. The number of amides is 1. The molecule has 4 nitrogen and oxygen atoms in total. The van der Waals surface area contributed by atoms with Gasteiger partial charge in [0.25, 0.3) is 0 Å². The normalized spacial score (nSPS) is 26.2. The van der Waals surface area contributed by atoms with Gasteiger partial charge in [0.05, 0.1) is 6.10 Å². The van der Waals surface area contributed by atoms with Gasteiger partial charge in [0.15, 0.2) is 0 Å². The smallest absolute Gasteiger partial charge is 0.408 e. The van der Waals surface area contributed by atoms with E-state index in [2.05, 4.69) is 5.32 Å². The van der Waals surface area contributed by atoms with Crippen LogP contribution in [0.1, 0.15) is 53.4 Å². The lowest BCUT2D eigenvalue weighted by Gasteiger charge is -2.25. The maximum absolute atomic E-state index is 11.6. The minimum absolute atomic E-state index is 0.0935. The Hall–Kier alpha value is -1.03. The lowest BCUT2D eigenvalue weighted by Crippen LogP contribution is -2.37. The molecule has 0 aromatic heterocycles. The molecule has 1 aliphatic carbocycles. The van der Waals surface area contributed by atoms with Crippen LogP contribution < -0.4 is 5.32 Å². The van der Waals surface area contributed by atoms with Crippen LogP contribution in [-0.4, -0.2) is 28.9 Å². The molecule has 0 unspecified atom stereocenters. The Morgan fingerprint density at radius 3 is 2.58 bits per heavy atom. The van der Waals surface area contributed by atoms with Crippen molar-refractivity contribution in [2.45, 2.75) is 71.1 Å². The van der Waals surface area contributed by atoms with Crippen molar-refractivity contribution in [1.82, 2.24) is 5.32 Å². The Morgan fingerprint density at radius 1 is 1.37 bits per heavy atom. The van der Waals surface area contributed by atoms with E-state index >= 15 is 0 Å². The molecule has 0 bridgehead atoms. The zero-order valence-electron chi connectivity index (χ0n) is 12.5. The molecule has 0 aliphatic heterocycles. The zero-order chi connectivity index (χ0) is 14.5. The van der Waals surface area contributed by atoms with Crippen molar-refractivity contribution < 1.29 is 14.6 Å². The monoisotopic (exact) mass is 269 g/mol. The van der Waals surface area contributed by atoms with E-state index in [1.54, 1.807) is 0 Å². The topological polar surface area (TPSA) is 58.6 Å². The van der Waals surface area contributed by atoms with Crippen LogP contribution in [-0.2, 0) is 4.74 Å². The molecule has 2 N–H and O–H groups in total. The second-order valence-electron chi connectivity index (χ2n) is 6.34. The molecule has 110 valence electrons. The number of alkyl carbamates (subject to hydrolysis) is 1. The van der Waals surface area contributed by atoms with Crippen LogP contribution in [0.4, 0.5) is 4.79 Å². The van der Waals surface area contributed by atoms with Gasteiger partial charge in [-0.2, -0.15) is 0 Å². The van der Waals surface area contributed by atoms with E-state index in [9.17, 15) is 9.90 Å². The molecule has 0 saturated heterocycles. The summed E-state index contributed by atoms with van der Waals surface area (Å²) in [7, 11) is 0. The third-order valence-corrected chi connectivity index (χ3v) is 3.17. The largest absolute Gasteiger partial charge is 0.444 e. The molecule has 1 saturated carbocycles. The van der Waals surface area contributed by atoms with Crippen LogP contribution in [0.25, 0.3) is 0 Å². The predicted octanol–water partition coefficient (Wildman–Crippen LogP) is 3.01. The van der Waals surface area contributed by atoms with Gasteiger partial charge >= 0.3 is 6.09 Å². The Morgan fingerprint density at radius 2 is 2.00 bits per heavy atom. The van der Waals surface area contributed by atoms with Gasteiger partial charge in [-0.05, 0) is 40.5 Å². The summed E-state index contributed by atoms with van der Waals surface area (Å²) in [6.07, 6.45) is 7.49. The molecule has 0 radical (unpaired) electrons. The Kier molecular flexibility index (Phi) is 5.85. The van der Waals surface area contributed by atoms with Gasteiger partial charge in [-0.25, -0.2) is 4.79 Å². The number of aliphatic hydroxyl groups excluding tert-OH is 1. The van der Waals surface area contributed by atoms with E-state index in [4.69, 9.17) is 4.74 Å². The maximum Gasteiger partial charge on any atom is 0.408 e. The number of aliphatic hydroxyl groups is 1. The van der Waals surface area contributed by atoms with Crippen molar-refractivity contribution in [2.24, 2.45) is 5.92 Å². The summed E-state index contributed by atoms with van der Waals surface area (Å²) in [5.41, 5.74) is -0.479. The molecule has 1 fully saturated rings. The molecule has 19 heavy (non-hydrogen) atoms. The molecular weight excluding hydrogens is 242 g/mol. The van der Waals surface area contributed by atoms with Crippen molar-refractivity contribution in [2.75, 3.05) is 0 Å². The SMILES string of the molecule is C[C@H](/C=C/[C@@H]1CCCC[C@@H]1O)NC(=O)OC(C)(C)C. The highest BCUT2D eigenvalue weighted by Gasteiger charge is 2.21. The number of hydrogen-bond donors (Lipinski definition) is 2. The lowest BCUT2D eigenvalue weighted by molar-refractivity contribution is 0.0518. The molecule has 0 heterocycles. The first-order valence-electron chi connectivity index (χ1n) is 7.14. The van der Waals surface area contributed by atoms with Crippen LogP contribution in [0.3, 0.4) is 0 Å². The summed E-state index contributed by atoms with van der Waals surface area (Å²) in [4.78, 5) is 11.6. The van der Waals surface area contributed by atoms with Crippen LogP contribution in [0, 0.1) is 5.92 Å². The number of nitrogens with one attached hydrogen (secondary N) is 1. The van der Waals surface area contributed by atoms with E-state index in [-0.39, 0.29) is 18.1 Å². The minimum atomic E-state index is -0.479. The Bertz CT molecular complexity index is 320. The number of rotatable bonds is 3. The second kappa shape index (κ2) is 6.94. The van der Waals surface area contributed by atoms with E-state index < -0.39 is 11.7 Å². The molecule has 1 rings (SSSR count). The highest BCUT2D eigenvalue weighted by molar-refractivity contribution is 5.68. The minimum Gasteiger partial charge on any atom is -0.444 e. The standard InChI is InChI=1S/C15H27NO3/c1-11(16-14(18)19-15(2,3)4)9-10-12-7-5-6-8-13(12)17/h9-13,17H,5-8H2,1-4H3,(H,16,18)/b10-9+/t11-,12+,13+/m1/s1. The Labute approximate surface area is 116 Å². The molecule has 4 heteroatoms. The van der Waals surface area contributed by atoms with Crippen LogP contribution in [0.2, 0.25) is 0 Å². The summed E-state index contributed by atoms with van der Waals surface area (Å²) in [6, 6.07) is -0.0935. The molecule has 3 atom stereocenters. The summed E-state index contributed by atoms with van der Waals surface area (Å²) in [5, 5.41) is 12.6. The Balaban J connectivity index is 2.37. The third kappa shape index (κ3) is 6.62. The van der Waals surface area contributed by atoms with E-state index in [0.29, 0.717) is 0 Å².